The predicted molar refractivity (Wildman–Crippen MR) is 66.1 cm³/mol. The Labute approximate surface area is 107 Å². The number of nitrogens with zero attached hydrogens (tertiary/aromatic N) is 1. The molecule has 0 fully saturated rings. The molecule has 0 aliphatic carbocycles. The van der Waals surface area contributed by atoms with Crippen LogP contribution in [0.4, 0.5) is 0 Å². The van der Waals surface area contributed by atoms with Crippen molar-refractivity contribution in [1.82, 2.24) is 15.5 Å². The maximum absolute atomic E-state index is 11.5. The standard InChI is InChI=1S/C11H21N3O4/c1-3-5-13-9(15)8-14(2)10(16)7-12-6-4-11(17)18/h12H,3-8H2,1-2H3,(H,13,15)(H,17,18). The Morgan fingerprint density at radius 2 is 1.89 bits per heavy atom. The molecule has 0 saturated carbocycles. The van der Waals surface area contributed by atoms with Gasteiger partial charge in [0, 0.05) is 20.1 Å². The Bertz CT molecular complexity index is 294. The number of aliphatic carboxylic acids is 1. The molecule has 18 heavy (non-hydrogen) atoms. The number of carboxylic acids is 1. The van der Waals surface area contributed by atoms with Crippen LogP contribution in [-0.4, -0.2) is 61.0 Å². The zero-order chi connectivity index (χ0) is 14.0. The van der Waals surface area contributed by atoms with Crippen LogP contribution in [0, 0.1) is 0 Å². The van der Waals surface area contributed by atoms with Crippen molar-refractivity contribution in [1.29, 1.82) is 0 Å². The molecule has 0 atom stereocenters. The minimum Gasteiger partial charge on any atom is -0.481 e. The summed E-state index contributed by atoms with van der Waals surface area (Å²) in [4.78, 5) is 34.4. The quantitative estimate of drug-likeness (QED) is 0.463. The molecule has 0 saturated heterocycles. The first-order valence-corrected chi connectivity index (χ1v) is 5.90. The van der Waals surface area contributed by atoms with Gasteiger partial charge in [-0.15, -0.1) is 0 Å². The Hall–Kier alpha value is -1.63. The maximum atomic E-state index is 11.5. The summed E-state index contributed by atoms with van der Waals surface area (Å²) in [6.45, 7) is 2.82. The van der Waals surface area contributed by atoms with Crippen molar-refractivity contribution in [3.05, 3.63) is 0 Å². The van der Waals surface area contributed by atoms with Gasteiger partial charge in [0.15, 0.2) is 0 Å². The number of amides is 2. The lowest BCUT2D eigenvalue weighted by atomic mass is 10.4. The minimum absolute atomic E-state index is 0.0133. The van der Waals surface area contributed by atoms with Gasteiger partial charge in [-0.2, -0.15) is 0 Å². The summed E-state index contributed by atoms with van der Waals surface area (Å²) >= 11 is 0. The second kappa shape index (κ2) is 9.41. The lowest BCUT2D eigenvalue weighted by Gasteiger charge is -2.16. The molecule has 0 unspecified atom stereocenters. The Kier molecular flexibility index (Phi) is 8.55. The van der Waals surface area contributed by atoms with Crippen molar-refractivity contribution in [2.24, 2.45) is 0 Å². The van der Waals surface area contributed by atoms with Crippen LogP contribution in [0.2, 0.25) is 0 Å². The van der Waals surface area contributed by atoms with E-state index in [0.717, 1.165) is 6.42 Å². The van der Waals surface area contributed by atoms with Gasteiger partial charge < -0.3 is 20.6 Å². The molecule has 7 nitrogen and oxygen atoms in total. The van der Waals surface area contributed by atoms with E-state index >= 15 is 0 Å². The molecular weight excluding hydrogens is 238 g/mol. The van der Waals surface area contributed by atoms with E-state index in [1.807, 2.05) is 6.92 Å². The fraction of sp³-hybridized carbons (Fsp3) is 0.727. The van der Waals surface area contributed by atoms with Crippen molar-refractivity contribution in [2.75, 3.05) is 33.2 Å². The minimum atomic E-state index is -0.915. The molecule has 0 aromatic rings. The molecular formula is C11H21N3O4. The van der Waals surface area contributed by atoms with Crippen LogP contribution in [-0.2, 0) is 14.4 Å². The molecule has 0 bridgehead atoms. The van der Waals surface area contributed by atoms with Gasteiger partial charge in [0.1, 0.15) is 0 Å². The third-order valence-corrected chi connectivity index (χ3v) is 2.17. The fourth-order valence-electron chi connectivity index (χ4n) is 1.15. The maximum Gasteiger partial charge on any atom is 0.304 e. The molecule has 0 aliphatic rings. The van der Waals surface area contributed by atoms with Crippen LogP contribution in [0.15, 0.2) is 0 Å². The molecule has 0 aromatic heterocycles. The van der Waals surface area contributed by atoms with E-state index in [9.17, 15) is 14.4 Å². The smallest absolute Gasteiger partial charge is 0.304 e. The summed E-state index contributed by atoms with van der Waals surface area (Å²) in [6, 6.07) is 0. The molecule has 7 heteroatoms. The highest BCUT2D eigenvalue weighted by molar-refractivity contribution is 5.85. The highest BCUT2D eigenvalue weighted by atomic mass is 16.4. The van der Waals surface area contributed by atoms with Gasteiger partial charge in [0.25, 0.3) is 0 Å². The van der Waals surface area contributed by atoms with E-state index in [4.69, 9.17) is 5.11 Å². The largest absolute Gasteiger partial charge is 0.481 e. The number of hydrogen-bond acceptors (Lipinski definition) is 4. The second-order valence-corrected chi connectivity index (χ2v) is 3.92. The average Bonchev–Trinajstić information content (AvgIpc) is 2.31. The van der Waals surface area contributed by atoms with Crippen LogP contribution >= 0.6 is 0 Å². The Morgan fingerprint density at radius 1 is 1.22 bits per heavy atom. The first-order valence-electron chi connectivity index (χ1n) is 5.90. The van der Waals surface area contributed by atoms with Crippen LogP contribution in [0.5, 0.6) is 0 Å². The molecule has 104 valence electrons. The fourth-order valence-corrected chi connectivity index (χ4v) is 1.15. The first-order chi connectivity index (χ1) is 8.47. The number of likely N-dealkylation sites (N-methyl/N-ethyl adjacent to an activating group) is 1. The van der Waals surface area contributed by atoms with E-state index in [1.165, 1.54) is 11.9 Å². The Balaban J connectivity index is 3.75. The number of carboxylic acid groups (broad SMARTS) is 1. The average molecular weight is 259 g/mol. The van der Waals surface area contributed by atoms with Gasteiger partial charge in [-0.1, -0.05) is 6.92 Å². The summed E-state index contributed by atoms with van der Waals surface area (Å²) in [5, 5.41) is 13.8. The summed E-state index contributed by atoms with van der Waals surface area (Å²) in [6.07, 6.45) is 0.814. The third kappa shape index (κ3) is 8.51. The summed E-state index contributed by atoms with van der Waals surface area (Å²) < 4.78 is 0. The van der Waals surface area contributed by atoms with Crippen molar-refractivity contribution in [3.63, 3.8) is 0 Å². The van der Waals surface area contributed by atoms with E-state index in [0.29, 0.717) is 6.54 Å². The highest BCUT2D eigenvalue weighted by Gasteiger charge is 2.11. The van der Waals surface area contributed by atoms with E-state index in [-0.39, 0.29) is 37.9 Å². The zero-order valence-corrected chi connectivity index (χ0v) is 10.9. The molecule has 0 spiro atoms. The van der Waals surface area contributed by atoms with E-state index in [1.54, 1.807) is 0 Å². The molecule has 2 amide bonds. The van der Waals surface area contributed by atoms with Crippen molar-refractivity contribution in [3.8, 4) is 0 Å². The van der Waals surface area contributed by atoms with E-state index in [2.05, 4.69) is 10.6 Å². The topological polar surface area (TPSA) is 98.7 Å². The summed E-state index contributed by atoms with van der Waals surface area (Å²) in [5.41, 5.74) is 0. The van der Waals surface area contributed by atoms with Crippen molar-refractivity contribution in [2.45, 2.75) is 19.8 Å². The number of carbonyl (C=O) groups is 3. The van der Waals surface area contributed by atoms with Gasteiger partial charge in [0.2, 0.25) is 11.8 Å². The van der Waals surface area contributed by atoms with E-state index < -0.39 is 5.97 Å². The monoisotopic (exact) mass is 259 g/mol. The van der Waals surface area contributed by atoms with Gasteiger partial charge in [-0.3, -0.25) is 14.4 Å². The molecule has 0 heterocycles. The van der Waals surface area contributed by atoms with Crippen molar-refractivity contribution >= 4 is 17.8 Å². The van der Waals surface area contributed by atoms with Crippen LogP contribution in [0.1, 0.15) is 19.8 Å². The Morgan fingerprint density at radius 3 is 2.44 bits per heavy atom. The SMILES string of the molecule is CCCNC(=O)CN(C)C(=O)CNCCC(=O)O. The lowest BCUT2D eigenvalue weighted by molar-refractivity contribution is -0.137. The lowest BCUT2D eigenvalue weighted by Crippen LogP contribution is -2.42. The number of carbonyl (C=O) groups excluding carboxylic acids is 2. The number of hydrogen-bond donors (Lipinski definition) is 3. The third-order valence-electron chi connectivity index (χ3n) is 2.17. The van der Waals surface area contributed by atoms with Gasteiger partial charge in [0.05, 0.1) is 19.5 Å². The number of rotatable bonds is 9. The van der Waals surface area contributed by atoms with Crippen LogP contribution in [0.3, 0.4) is 0 Å². The zero-order valence-electron chi connectivity index (χ0n) is 10.9. The van der Waals surface area contributed by atoms with Crippen LogP contribution < -0.4 is 10.6 Å². The summed E-state index contributed by atoms with van der Waals surface area (Å²) in [5.74, 6) is -1.35. The predicted octanol–water partition coefficient (Wildman–Crippen LogP) is -0.965. The van der Waals surface area contributed by atoms with Gasteiger partial charge >= 0.3 is 5.97 Å². The van der Waals surface area contributed by atoms with Crippen LogP contribution in [0.25, 0.3) is 0 Å². The molecule has 0 rings (SSSR count). The normalized spacial score (nSPS) is 9.89. The molecule has 0 aliphatic heterocycles. The van der Waals surface area contributed by atoms with Crippen molar-refractivity contribution < 1.29 is 19.5 Å². The van der Waals surface area contributed by atoms with Gasteiger partial charge in [-0.05, 0) is 6.42 Å². The number of nitrogens with one attached hydrogen (secondary N) is 2. The van der Waals surface area contributed by atoms with Gasteiger partial charge in [-0.25, -0.2) is 0 Å². The molecule has 3 N–H and O–H groups in total. The summed E-state index contributed by atoms with van der Waals surface area (Å²) in [7, 11) is 1.53. The highest BCUT2D eigenvalue weighted by Crippen LogP contribution is 1.85. The first kappa shape index (κ1) is 16.4. The second-order valence-electron chi connectivity index (χ2n) is 3.92. The molecule has 0 radical (unpaired) electrons. The molecule has 0 aromatic carbocycles.